The van der Waals surface area contributed by atoms with E-state index in [4.69, 9.17) is 5.73 Å². The van der Waals surface area contributed by atoms with Gasteiger partial charge < -0.3 is 15.6 Å². The van der Waals surface area contributed by atoms with Crippen LogP contribution in [0.15, 0.2) is 42.9 Å². The van der Waals surface area contributed by atoms with Crippen LogP contribution in [0.5, 0.6) is 0 Å². The minimum absolute atomic E-state index is 0.0219. The van der Waals surface area contributed by atoms with Gasteiger partial charge in [0.25, 0.3) is 0 Å². The number of hydrogen-bond acceptors (Lipinski definition) is 5. The molecule has 4 aromatic rings. The molecule has 35 heavy (non-hydrogen) atoms. The Kier molecular flexibility index (Phi) is 5.22. The predicted molar refractivity (Wildman–Crippen MR) is 120 cm³/mol. The molecule has 1 aliphatic heterocycles. The number of fused-ring (bicyclic) bond motifs is 2. The second-order valence-corrected chi connectivity index (χ2v) is 8.27. The number of alkyl halides is 4. The van der Waals surface area contributed by atoms with Crippen molar-refractivity contribution in [2.24, 2.45) is 7.05 Å². The zero-order valence-electron chi connectivity index (χ0n) is 18.3. The number of nitrogens with one attached hydrogen (secondary N) is 1. The fraction of sp³-hybridized carbons (Fsp3) is 0.208. The van der Waals surface area contributed by atoms with Crippen LogP contribution in [-0.2, 0) is 19.6 Å². The Bertz CT molecular complexity index is 1490. The van der Waals surface area contributed by atoms with E-state index in [-0.39, 0.29) is 11.4 Å². The summed E-state index contributed by atoms with van der Waals surface area (Å²) >= 11 is 0. The van der Waals surface area contributed by atoms with Gasteiger partial charge in [0.1, 0.15) is 23.6 Å². The lowest BCUT2D eigenvalue weighted by Gasteiger charge is -2.17. The molecule has 0 saturated heterocycles. The van der Waals surface area contributed by atoms with Crippen molar-refractivity contribution in [1.82, 2.24) is 14.5 Å². The lowest BCUT2D eigenvalue weighted by atomic mass is 9.88. The van der Waals surface area contributed by atoms with Gasteiger partial charge in [0.05, 0.1) is 10.9 Å². The van der Waals surface area contributed by atoms with Gasteiger partial charge in [-0.3, -0.25) is 4.79 Å². The Balaban J connectivity index is 1.69. The van der Waals surface area contributed by atoms with E-state index in [9.17, 15) is 22.4 Å². The minimum atomic E-state index is -5.04. The van der Waals surface area contributed by atoms with Crippen molar-refractivity contribution in [3.8, 4) is 11.1 Å². The van der Waals surface area contributed by atoms with E-state index in [1.807, 2.05) is 0 Å². The predicted octanol–water partition coefficient (Wildman–Crippen LogP) is 5.24. The number of benzene rings is 2. The largest absolute Gasteiger partial charge is 0.419 e. The molecular weight excluding hydrogens is 469 g/mol. The molecule has 3 N–H and O–H groups in total. The topological polar surface area (TPSA) is 85.8 Å². The van der Waals surface area contributed by atoms with Crippen molar-refractivity contribution in [3.05, 3.63) is 70.9 Å². The molecule has 1 aliphatic rings. The second kappa shape index (κ2) is 8.03. The number of carbonyl (C=O) groups excluding carboxylic acids is 1. The Morgan fingerprint density at radius 3 is 2.69 bits per heavy atom. The smallest absolute Gasteiger partial charge is 0.384 e. The highest BCUT2D eigenvalue weighted by molar-refractivity contribution is 6.12. The van der Waals surface area contributed by atoms with Crippen molar-refractivity contribution in [2.45, 2.75) is 18.8 Å². The molecule has 11 heteroatoms. The number of ketones is 1. The maximum Gasteiger partial charge on any atom is 0.419 e. The van der Waals surface area contributed by atoms with Crippen molar-refractivity contribution >= 4 is 28.3 Å². The maximum absolute atomic E-state index is 15.6. The number of hydrogen-bond donors (Lipinski definition) is 2. The number of carbonyl (C=O) groups is 1. The fourth-order valence-electron chi connectivity index (χ4n) is 4.54. The molecule has 0 radical (unpaired) electrons. The van der Waals surface area contributed by atoms with Crippen molar-refractivity contribution < 1.29 is 26.7 Å². The van der Waals surface area contributed by atoms with Gasteiger partial charge in [-0.05, 0) is 41.3 Å². The van der Waals surface area contributed by atoms with Gasteiger partial charge in [-0.15, -0.1) is 0 Å². The maximum atomic E-state index is 15.6. The summed E-state index contributed by atoms with van der Waals surface area (Å²) in [6.07, 6.45) is -4.10. The number of aromatic nitrogens is 3. The zero-order valence-corrected chi connectivity index (χ0v) is 18.3. The quantitative estimate of drug-likeness (QED) is 0.304. The number of nitrogen functional groups attached to an aromatic ring is 1. The van der Waals surface area contributed by atoms with E-state index in [0.29, 0.717) is 58.5 Å². The van der Waals surface area contributed by atoms with Gasteiger partial charge in [-0.1, -0.05) is 12.1 Å². The van der Waals surface area contributed by atoms with E-state index in [1.54, 1.807) is 29.9 Å². The summed E-state index contributed by atoms with van der Waals surface area (Å²) in [5, 5.41) is 3.58. The first-order valence-corrected chi connectivity index (χ1v) is 10.6. The number of aryl methyl sites for hydroxylation is 1. The average Bonchev–Trinajstić information content (AvgIpc) is 3.42. The molecule has 5 rings (SSSR count). The van der Waals surface area contributed by atoms with Crippen molar-refractivity contribution in [1.29, 1.82) is 0 Å². The van der Waals surface area contributed by atoms with E-state index in [0.717, 1.165) is 6.07 Å². The van der Waals surface area contributed by atoms with E-state index < -0.39 is 35.1 Å². The van der Waals surface area contributed by atoms with Gasteiger partial charge in [-0.25, -0.2) is 18.7 Å². The van der Waals surface area contributed by atoms with Crippen molar-refractivity contribution in [3.63, 3.8) is 0 Å². The van der Waals surface area contributed by atoms with Gasteiger partial charge in [0.15, 0.2) is 6.17 Å². The Hall–Kier alpha value is -4.02. The van der Waals surface area contributed by atoms with Crippen LogP contribution < -0.4 is 11.1 Å². The molecule has 2 aromatic heterocycles. The number of rotatable bonds is 4. The summed E-state index contributed by atoms with van der Waals surface area (Å²) in [5.74, 6) is -2.42. The summed E-state index contributed by atoms with van der Waals surface area (Å²) in [6, 6.07) is 5.07. The lowest BCUT2D eigenvalue weighted by Crippen LogP contribution is -2.15. The van der Waals surface area contributed by atoms with Crippen LogP contribution in [0.1, 0.15) is 33.2 Å². The van der Waals surface area contributed by atoms with Crippen LogP contribution in [0.3, 0.4) is 0 Å². The summed E-state index contributed by atoms with van der Waals surface area (Å²) in [5.41, 5.74) is 6.40. The number of anilines is 2. The summed E-state index contributed by atoms with van der Waals surface area (Å²) in [6.45, 7) is 0.506. The number of nitrogens with two attached hydrogens (primary N) is 1. The molecule has 180 valence electrons. The highest BCUT2D eigenvalue weighted by Crippen LogP contribution is 2.41. The third-order valence-corrected chi connectivity index (χ3v) is 6.14. The highest BCUT2D eigenvalue weighted by atomic mass is 19.4. The van der Waals surface area contributed by atoms with Crippen LogP contribution in [0.4, 0.5) is 33.5 Å². The van der Waals surface area contributed by atoms with Crippen LogP contribution in [0, 0.1) is 5.82 Å². The molecule has 0 fully saturated rings. The monoisotopic (exact) mass is 487 g/mol. The first kappa shape index (κ1) is 22.8. The van der Waals surface area contributed by atoms with Crippen LogP contribution in [-0.4, -0.2) is 26.9 Å². The number of halogens is 5. The molecule has 3 heterocycles. The Morgan fingerprint density at radius 2 is 1.94 bits per heavy atom. The number of nitrogens with zero attached hydrogens (tertiary/aromatic N) is 3. The second-order valence-electron chi connectivity index (χ2n) is 8.27. The number of Topliss-reactive ketones (excluding diaryl/α,β-unsaturated/α-hetero) is 1. The molecule has 0 spiro atoms. The molecule has 0 aliphatic carbocycles. The van der Waals surface area contributed by atoms with E-state index >= 15 is 4.39 Å². The fourth-order valence-corrected chi connectivity index (χ4v) is 4.54. The highest BCUT2D eigenvalue weighted by Gasteiger charge is 2.36. The van der Waals surface area contributed by atoms with Gasteiger partial charge in [-0.2, -0.15) is 13.2 Å². The van der Waals surface area contributed by atoms with Gasteiger partial charge >= 0.3 is 6.18 Å². The lowest BCUT2D eigenvalue weighted by molar-refractivity contribution is -0.140. The SMILES string of the molecule is Cn1cc(-c2ccc3c(c2C(=O)C(F)c2ccc(F)c(C(F)(F)F)c2)CCN3)c2c(N)ncnc21. The van der Waals surface area contributed by atoms with Crippen LogP contribution in [0.25, 0.3) is 22.2 Å². The first-order chi connectivity index (χ1) is 16.6. The summed E-state index contributed by atoms with van der Waals surface area (Å²) < 4.78 is 70.6. The van der Waals surface area contributed by atoms with Crippen molar-refractivity contribution in [2.75, 3.05) is 17.6 Å². The molecule has 0 bridgehead atoms. The van der Waals surface area contributed by atoms with Gasteiger partial charge in [0, 0.05) is 36.6 Å². The van der Waals surface area contributed by atoms with Crippen LogP contribution >= 0.6 is 0 Å². The summed E-state index contributed by atoms with van der Waals surface area (Å²) in [4.78, 5) is 21.8. The molecule has 0 amide bonds. The van der Waals surface area contributed by atoms with E-state index in [2.05, 4.69) is 15.3 Å². The average molecular weight is 487 g/mol. The molecule has 1 atom stereocenters. The standard InChI is InChI=1S/C24H18F5N5O/c1-34-9-14(19-22(30)32-10-33-23(19)34)12-3-5-17-13(6-7-31-17)18(12)21(35)20(26)11-2-4-16(25)15(8-11)24(27,28)29/h2-5,8-10,20,31H,6-7H2,1H3,(H2,30,32,33). The molecule has 6 nitrogen and oxygen atoms in total. The Morgan fingerprint density at radius 1 is 1.17 bits per heavy atom. The normalized spacial score (nSPS) is 14.1. The molecule has 1 unspecified atom stereocenters. The zero-order chi connectivity index (χ0) is 25.1. The third kappa shape index (κ3) is 3.67. The molecule has 2 aromatic carbocycles. The van der Waals surface area contributed by atoms with E-state index in [1.165, 1.54) is 6.33 Å². The minimum Gasteiger partial charge on any atom is -0.384 e. The first-order valence-electron chi connectivity index (χ1n) is 10.6. The Labute approximate surface area is 195 Å². The summed E-state index contributed by atoms with van der Waals surface area (Å²) in [7, 11) is 1.73. The molecule has 0 saturated carbocycles. The van der Waals surface area contributed by atoms with Gasteiger partial charge in [0.2, 0.25) is 5.78 Å². The van der Waals surface area contributed by atoms with Crippen LogP contribution in [0.2, 0.25) is 0 Å². The third-order valence-electron chi connectivity index (χ3n) is 6.14. The molecular formula is C24H18F5N5O.